The summed E-state index contributed by atoms with van der Waals surface area (Å²) in [5.41, 5.74) is 0.0273. The van der Waals surface area contributed by atoms with Crippen LogP contribution in [0.3, 0.4) is 0 Å². The Kier molecular flexibility index (Phi) is 3.68. The summed E-state index contributed by atoms with van der Waals surface area (Å²) in [5, 5.41) is 5.66. The lowest BCUT2D eigenvalue weighted by Crippen LogP contribution is -2.51. The molecule has 92 valence electrons. The maximum atomic E-state index is 13.2. The van der Waals surface area contributed by atoms with Crippen LogP contribution in [-0.2, 0) is 11.2 Å². The van der Waals surface area contributed by atoms with E-state index in [1.165, 1.54) is 18.2 Å². The van der Waals surface area contributed by atoms with Gasteiger partial charge in [0.15, 0.2) is 0 Å². The zero-order valence-electron chi connectivity index (χ0n) is 9.30. The van der Waals surface area contributed by atoms with E-state index in [4.69, 9.17) is 0 Å². The molecule has 17 heavy (non-hydrogen) atoms. The van der Waals surface area contributed by atoms with Crippen LogP contribution in [0.2, 0.25) is 0 Å². The summed E-state index contributed by atoms with van der Waals surface area (Å²) in [7, 11) is 0. The highest BCUT2D eigenvalue weighted by molar-refractivity contribution is 5.79. The van der Waals surface area contributed by atoms with Crippen LogP contribution in [0, 0.1) is 17.6 Å². The summed E-state index contributed by atoms with van der Waals surface area (Å²) in [5.74, 6) is -1.19. The predicted octanol–water partition coefficient (Wildman–Crippen LogP) is 0.843. The molecule has 1 amide bonds. The number of amides is 1. The molecule has 0 radical (unpaired) electrons. The minimum absolute atomic E-state index is 0.000433. The van der Waals surface area contributed by atoms with Crippen LogP contribution in [0.4, 0.5) is 8.78 Å². The van der Waals surface area contributed by atoms with E-state index in [9.17, 15) is 13.6 Å². The van der Waals surface area contributed by atoms with E-state index in [0.29, 0.717) is 13.1 Å². The number of benzene rings is 1. The second-order valence-electron chi connectivity index (χ2n) is 4.10. The first-order chi connectivity index (χ1) is 8.18. The van der Waals surface area contributed by atoms with E-state index < -0.39 is 11.6 Å². The molecule has 1 aliphatic heterocycles. The van der Waals surface area contributed by atoms with Gasteiger partial charge in [0.1, 0.15) is 11.6 Å². The number of halogens is 2. The van der Waals surface area contributed by atoms with Crippen LogP contribution < -0.4 is 10.6 Å². The molecular weight excluding hydrogens is 226 g/mol. The summed E-state index contributed by atoms with van der Waals surface area (Å²) in [6.45, 7) is 1.62. The van der Waals surface area contributed by atoms with Crippen LogP contribution in [0.15, 0.2) is 18.2 Å². The third-order valence-corrected chi connectivity index (χ3v) is 2.89. The van der Waals surface area contributed by atoms with Crippen molar-refractivity contribution >= 4 is 5.91 Å². The molecule has 1 aliphatic rings. The molecule has 1 aromatic carbocycles. The molecule has 1 heterocycles. The lowest BCUT2D eigenvalue weighted by atomic mass is 10.0. The lowest BCUT2D eigenvalue weighted by molar-refractivity contribution is -0.126. The van der Waals surface area contributed by atoms with Crippen molar-refractivity contribution in [2.75, 3.05) is 19.6 Å². The Morgan fingerprint density at radius 1 is 1.35 bits per heavy atom. The Morgan fingerprint density at radius 2 is 2.00 bits per heavy atom. The second kappa shape index (κ2) is 5.23. The van der Waals surface area contributed by atoms with Gasteiger partial charge in [-0.05, 0) is 18.6 Å². The van der Waals surface area contributed by atoms with Gasteiger partial charge in [0, 0.05) is 25.2 Å². The number of nitrogens with one attached hydrogen (secondary N) is 2. The summed E-state index contributed by atoms with van der Waals surface area (Å²) >= 11 is 0. The third-order valence-electron chi connectivity index (χ3n) is 2.89. The standard InChI is InChI=1S/C12H14F2N2O/c13-10-2-1-3-11(14)9(10)4-5-16-12(17)8-6-15-7-8/h1-3,8,15H,4-7H2,(H,16,17). The molecule has 0 aliphatic carbocycles. The number of hydrogen-bond acceptors (Lipinski definition) is 2. The second-order valence-corrected chi connectivity index (χ2v) is 4.10. The SMILES string of the molecule is O=C(NCCc1c(F)cccc1F)C1CNC1. The van der Waals surface area contributed by atoms with Crippen molar-refractivity contribution in [1.29, 1.82) is 0 Å². The van der Waals surface area contributed by atoms with E-state index >= 15 is 0 Å². The molecule has 1 aromatic rings. The van der Waals surface area contributed by atoms with Crippen LogP contribution in [0.25, 0.3) is 0 Å². The van der Waals surface area contributed by atoms with Gasteiger partial charge >= 0.3 is 0 Å². The first-order valence-electron chi connectivity index (χ1n) is 5.60. The quantitative estimate of drug-likeness (QED) is 0.819. The van der Waals surface area contributed by atoms with Gasteiger partial charge in [-0.25, -0.2) is 8.78 Å². The summed E-state index contributed by atoms with van der Waals surface area (Å²) in [4.78, 5) is 11.4. The zero-order chi connectivity index (χ0) is 12.3. The van der Waals surface area contributed by atoms with Crippen molar-refractivity contribution in [2.45, 2.75) is 6.42 Å². The first-order valence-corrected chi connectivity index (χ1v) is 5.60. The van der Waals surface area contributed by atoms with Crippen LogP contribution in [-0.4, -0.2) is 25.5 Å². The fraction of sp³-hybridized carbons (Fsp3) is 0.417. The summed E-state index contributed by atoms with van der Waals surface area (Å²) in [6.07, 6.45) is 0.171. The fourth-order valence-corrected chi connectivity index (χ4v) is 1.70. The van der Waals surface area contributed by atoms with E-state index in [0.717, 1.165) is 0 Å². The van der Waals surface area contributed by atoms with Gasteiger partial charge in [-0.2, -0.15) is 0 Å². The Balaban J connectivity index is 1.83. The molecule has 0 atom stereocenters. The number of hydrogen-bond donors (Lipinski definition) is 2. The number of carbonyl (C=O) groups excluding carboxylic acids is 1. The van der Waals surface area contributed by atoms with Gasteiger partial charge in [-0.1, -0.05) is 6.07 Å². The van der Waals surface area contributed by atoms with Gasteiger partial charge in [-0.3, -0.25) is 4.79 Å². The monoisotopic (exact) mass is 240 g/mol. The van der Waals surface area contributed by atoms with Gasteiger partial charge in [0.25, 0.3) is 0 Å². The topological polar surface area (TPSA) is 41.1 Å². The maximum absolute atomic E-state index is 13.2. The smallest absolute Gasteiger partial charge is 0.225 e. The molecule has 0 saturated carbocycles. The number of rotatable bonds is 4. The molecule has 3 nitrogen and oxygen atoms in total. The number of carbonyl (C=O) groups is 1. The molecular formula is C12H14F2N2O. The Bertz CT molecular complexity index is 399. The Labute approximate surface area is 98.2 Å². The highest BCUT2D eigenvalue weighted by Crippen LogP contribution is 2.12. The minimum atomic E-state index is -0.565. The van der Waals surface area contributed by atoms with Gasteiger partial charge in [0.2, 0.25) is 5.91 Å². The van der Waals surface area contributed by atoms with Gasteiger partial charge in [0.05, 0.1) is 5.92 Å². The molecule has 0 aromatic heterocycles. The summed E-state index contributed by atoms with van der Waals surface area (Å²) in [6, 6.07) is 3.76. The predicted molar refractivity (Wildman–Crippen MR) is 59.4 cm³/mol. The first kappa shape index (κ1) is 12.0. The van der Waals surface area contributed by atoms with Crippen LogP contribution in [0.5, 0.6) is 0 Å². The summed E-state index contributed by atoms with van der Waals surface area (Å²) < 4.78 is 26.5. The van der Waals surface area contributed by atoms with Crippen LogP contribution in [0.1, 0.15) is 5.56 Å². The largest absolute Gasteiger partial charge is 0.355 e. The van der Waals surface area contributed by atoms with E-state index in [1.807, 2.05) is 0 Å². The Morgan fingerprint density at radius 3 is 2.53 bits per heavy atom. The Hall–Kier alpha value is -1.49. The van der Waals surface area contributed by atoms with Gasteiger partial charge in [-0.15, -0.1) is 0 Å². The van der Waals surface area contributed by atoms with E-state index in [2.05, 4.69) is 10.6 Å². The molecule has 0 bridgehead atoms. The normalized spacial score (nSPS) is 15.4. The lowest BCUT2D eigenvalue weighted by Gasteiger charge is -2.25. The molecule has 1 fully saturated rings. The zero-order valence-corrected chi connectivity index (χ0v) is 9.30. The average molecular weight is 240 g/mol. The minimum Gasteiger partial charge on any atom is -0.355 e. The van der Waals surface area contributed by atoms with Crippen molar-refractivity contribution in [3.05, 3.63) is 35.4 Å². The van der Waals surface area contributed by atoms with Crippen molar-refractivity contribution in [1.82, 2.24) is 10.6 Å². The molecule has 0 unspecified atom stereocenters. The highest BCUT2D eigenvalue weighted by Gasteiger charge is 2.24. The fourth-order valence-electron chi connectivity index (χ4n) is 1.70. The van der Waals surface area contributed by atoms with Crippen molar-refractivity contribution in [3.63, 3.8) is 0 Å². The molecule has 2 rings (SSSR count). The average Bonchev–Trinajstić information content (AvgIpc) is 2.20. The van der Waals surface area contributed by atoms with Crippen molar-refractivity contribution in [2.24, 2.45) is 5.92 Å². The molecule has 2 N–H and O–H groups in total. The van der Waals surface area contributed by atoms with Crippen molar-refractivity contribution < 1.29 is 13.6 Å². The third kappa shape index (κ3) is 2.79. The van der Waals surface area contributed by atoms with Crippen molar-refractivity contribution in [3.8, 4) is 0 Å². The van der Waals surface area contributed by atoms with E-state index in [-0.39, 0.29) is 30.4 Å². The van der Waals surface area contributed by atoms with E-state index in [1.54, 1.807) is 0 Å². The molecule has 0 spiro atoms. The molecule has 1 saturated heterocycles. The maximum Gasteiger partial charge on any atom is 0.225 e. The van der Waals surface area contributed by atoms with Crippen LogP contribution >= 0.6 is 0 Å². The highest BCUT2D eigenvalue weighted by atomic mass is 19.1. The van der Waals surface area contributed by atoms with Gasteiger partial charge < -0.3 is 10.6 Å². The molecule has 5 heteroatoms.